The molecule has 0 fully saturated rings. The minimum absolute atomic E-state index is 0. The van der Waals surface area contributed by atoms with Gasteiger partial charge in [0.25, 0.3) is 0 Å². The van der Waals surface area contributed by atoms with Crippen LogP contribution in [0.3, 0.4) is 0 Å². The van der Waals surface area contributed by atoms with Crippen molar-refractivity contribution in [2.24, 2.45) is 0 Å². The van der Waals surface area contributed by atoms with Crippen molar-refractivity contribution in [3.05, 3.63) is 71.8 Å². The summed E-state index contributed by atoms with van der Waals surface area (Å²) >= 11 is 0. The zero-order chi connectivity index (χ0) is 42.4. The number of carbonyl (C=O) groups is 2. The van der Waals surface area contributed by atoms with Gasteiger partial charge in [-0.05, 0) is 62.5 Å². The summed E-state index contributed by atoms with van der Waals surface area (Å²) in [6.07, 6.45) is 30.8. The Kier molecular flexibility index (Phi) is 38.8. The summed E-state index contributed by atoms with van der Waals surface area (Å²) in [5.41, 5.74) is 2.19. The van der Waals surface area contributed by atoms with Crippen molar-refractivity contribution in [2.75, 3.05) is 0 Å². The first-order valence-electron chi connectivity index (χ1n) is 23.3. The molecule has 0 saturated heterocycles. The van der Waals surface area contributed by atoms with Crippen molar-refractivity contribution < 1.29 is 39.5 Å². The molecule has 0 bridgehead atoms. The molecule has 0 saturated carbocycles. The SMILES string of the molecule is CCC(O)(CCCCCCCCCCCCCCC(=O)[O-])OCc1ccccc1.CCC(O)(CCCCCCCCCCCCCCC(=O)[O-])OCc1ccccc1.[Ba+2]. The summed E-state index contributed by atoms with van der Waals surface area (Å²) < 4.78 is 11.6. The Morgan fingerprint density at radius 1 is 0.441 bits per heavy atom. The van der Waals surface area contributed by atoms with E-state index in [1.165, 1.54) is 89.9 Å². The van der Waals surface area contributed by atoms with Gasteiger partial charge in [0.05, 0.1) is 13.2 Å². The maximum absolute atomic E-state index is 10.6. The Balaban J connectivity index is 0.00000112. The van der Waals surface area contributed by atoms with E-state index in [9.17, 15) is 30.0 Å². The van der Waals surface area contributed by atoms with Gasteiger partial charge >= 0.3 is 48.9 Å². The molecule has 0 aliphatic rings. The number of aliphatic hydroxyl groups is 2. The van der Waals surface area contributed by atoms with E-state index in [1.807, 2.05) is 74.5 Å². The summed E-state index contributed by atoms with van der Waals surface area (Å²) in [6.45, 7) is 4.88. The zero-order valence-corrected chi connectivity index (χ0v) is 41.9. The van der Waals surface area contributed by atoms with E-state index in [2.05, 4.69) is 0 Å². The zero-order valence-electron chi connectivity index (χ0n) is 37.5. The van der Waals surface area contributed by atoms with Gasteiger partial charge in [-0.25, -0.2) is 0 Å². The van der Waals surface area contributed by atoms with Crippen LogP contribution < -0.4 is 10.2 Å². The minimum Gasteiger partial charge on any atom is -0.550 e. The second-order valence-electron chi connectivity index (χ2n) is 16.4. The third-order valence-electron chi connectivity index (χ3n) is 11.2. The molecule has 0 heterocycles. The molecule has 332 valence electrons. The Bertz CT molecular complexity index is 1140. The van der Waals surface area contributed by atoms with E-state index in [0.717, 1.165) is 75.3 Å². The van der Waals surface area contributed by atoms with Crippen molar-refractivity contribution in [1.29, 1.82) is 0 Å². The van der Waals surface area contributed by atoms with Crippen LogP contribution >= 0.6 is 0 Å². The summed E-state index contributed by atoms with van der Waals surface area (Å²) in [6, 6.07) is 20.0. The molecule has 2 aromatic rings. The van der Waals surface area contributed by atoms with Gasteiger partial charge in [0.15, 0.2) is 11.6 Å². The first-order chi connectivity index (χ1) is 28.1. The quantitative estimate of drug-likeness (QED) is 0.0385. The molecule has 2 rings (SSSR count). The fraction of sp³-hybridized carbons (Fsp3) is 0.720. The van der Waals surface area contributed by atoms with Crippen molar-refractivity contribution >= 4 is 60.8 Å². The maximum Gasteiger partial charge on any atom is 2.00 e. The monoisotopic (exact) mass is 949 g/mol. The molecule has 2 unspecified atom stereocenters. The van der Waals surface area contributed by atoms with Crippen LogP contribution in [0.4, 0.5) is 0 Å². The first-order valence-corrected chi connectivity index (χ1v) is 23.3. The first kappa shape index (κ1) is 57.8. The number of hydrogen-bond donors (Lipinski definition) is 2. The van der Waals surface area contributed by atoms with E-state index in [0.29, 0.717) is 38.9 Å². The van der Waals surface area contributed by atoms with Crippen LogP contribution in [0.2, 0.25) is 0 Å². The maximum atomic E-state index is 10.6. The number of carbonyl (C=O) groups excluding carboxylic acids is 2. The predicted molar refractivity (Wildman–Crippen MR) is 238 cm³/mol. The van der Waals surface area contributed by atoms with E-state index in [1.54, 1.807) is 0 Å². The molecule has 0 radical (unpaired) electrons. The predicted octanol–water partition coefficient (Wildman–Crippen LogP) is 10.6. The fourth-order valence-electron chi connectivity index (χ4n) is 7.16. The van der Waals surface area contributed by atoms with E-state index < -0.39 is 23.5 Å². The Morgan fingerprint density at radius 3 is 0.915 bits per heavy atom. The number of rotatable bonds is 38. The number of carboxylic acid groups (broad SMARTS) is 2. The van der Waals surface area contributed by atoms with Crippen LogP contribution in [0.5, 0.6) is 0 Å². The molecule has 59 heavy (non-hydrogen) atoms. The van der Waals surface area contributed by atoms with Crippen molar-refractivity contribution in [3.63, 3.8) is 0 Å². The average molecular weight is 949 g/mol. The summed E-state index contributed by atoms with van der Waals surface area (Å²) in [4.78, 5) is 20.6. The van der Waals surface area contributed by atoms with Crippen LogP contribution in [-0.2, 0) is 32.3 Å². The number of ether oxygens (including phenoxy) is 2. The topological polar surface area (TPSA) is 139 Å². The summed E-state index contributed by atoms with van der Waals surface area (Å²) in [5, 5.41) is 41.9. The summed E-state index contributed by atoms with van der Waals surface area (Å²) in [7, 11) is 0. The van der Waals surface area contributed by atoms with E-state index in [4.69, 9.17) is 9.47 Å². The van der Waals surface area contributed by atoms with E-state index >= 15 is 0 Å². The Morgan fingerprint density at radius 2 is 0.678 bits per heavy atom. The van der Waals surface area contributed by atoms with Gasteiger partial charge < -0.3 is 39.5 Å². The van der Waals surface area contributed by atoms with Crippen LogP contribution in [0, 0.1) is 0 Å². The van der Waals surface area contributed by atoms with Gasteiger partial charge in [-0.15, -0.1) is 0 Å². The Labute approximate surface area is 400 Å². The fourth-order valence-corrected chi connectivity index (χ4v) is 7.16. The number of benzene rings is 2. The van der Waals surface area contributed by atoms with Gasteiger partial charge in [0.2, 0.25) is 0 Å². The van der Waals surface area contributed by atoms with Gasteiger partial charge in [0.1, 0.15) is 0 Å². The molecule has 0 spiro atoms. The molecule has 0 aromatic heterocycles. The molecular weight excluding hydrogens is 866 g/mol. The third-order valence-corrected chi connectivity index (χ3v) is 11.2. The Hall–Kier alpha value is -1.21. The molecular formula is C50H82BaO8. The number of aliphatic carboxylic acids is 2. The molecule has 0 aliphatic heterocycles. The van der Waals surface area contributed by atoms with Gasteiger partial charge in [-0.3, -0.25) is 0 Å². The molecule has 2 N–H and O–H groups in total. The summed E-state index contributed by atoms with van der Waals surface area (Å²) in [5.74, 6) is -3.86. The molecule has 0 aliphatic carbocycles. The second kappa shape index (κ2) is 39.6. The van der Waals surface area contributed by atoms with Gasteiger partial charge in [-0.1, -0.05) is 203 Å². The second-order valence-corrected chi connectivity index (χ2v) is 16.4. The van der Waals surface area contributed by atoms with Crippen molar-refractivity contribution in [3.8, 4) is 0 Å². The molecule has 8 nitrogen and oxygen atoms in total. The van der Waals surface area contributed by atoms with Gasteiger partial charge in [-0.2, -0.15) is 0 Å². The molecule has 2 aromatic carbocycles. The number of hydrogen-bond acceptors (Lipinski definition) is 8. The number of carboxylic acids is 2. The average Bonchev–Trinajstić information content (AvgIpc) is 3.23. The molecule has 9 heteroatoms. The van der Waals surface area contributed by atoms with E-state index in [-0.39, 0.29) is 61.7 Å². The van der Waals surface area contributed by atoms with Crippen molar-refractivity contribution in [2.45, 2.75) is 231 Å². The smallest absolute Gasteiger partial charge is 0.550 e. The normalized spacial score (nSPS) is 13.1. The van der Waals surface area contributed by atoms with Gasteiger partial charge in [0, 0.05) is 24.8 Å². The minimum atomic E-state index is -1.00. The molecule has 2 atom stereocenters. The third kappa shape index (κ3) is 36.0. The van der Waals surface area contributed by atoms with Crippen LogP contribution in [0.1, 0.15) is 218 Å². The molecule has 0 amide bonds. The number of unbranched alkanes of at least 4 members (excludes halogenated alkanes) is 22. The standard InChI is InChI=1S/2C25H42O4.Ba/c2*1-2-25(28,29-22-23-18-14-13-15-19-23)21-17-12-10-8-6-4-3-5-7-9-11-16-20-24(26)27;/h2*13-15,18-19,28H,2-12,16-17,20-22H2,1H3,(H,26,27);/q;;+2/p-2. The van der Waals surface area contributed by atoms with Crippen molar-refractivity contribution in [1.82, 2.24) is 0 Å². The van der Waals surface area contributed by atoms with Crippen LogP contribution in [0.15, 0.2) is 60.7 Å². The van der Waals surface area contributed by atoms with Crippen LogP contribution in [-0.4, -0.2) is 82.6 Å². The van der Waals surface area contributed by atoms with Crippen LogP contribution in [0.25, 0.3) is 0 Å². The largest absolute Gasteiger partial charge is 2.00 e.